The number of anilines is 1. The number of benzene rings is 1. The van der Waals surface area contributed by atoms with Gasteiger partial charge in [0.05, 0.1) is 17.5 Å². The predicted octanol–water partition coefficient (Wildman–Crippen LogP) is 3.24. The second kappa shape index (κ2) is 6.86. The molecule has 5 nitrogen and oxygen atoms in total. The average molecular weight is 354 g/mol. The van der Waals surface area contributed by atoms with Crippen LogP contribution in [0.2, 0.25) is 0 Å². The first-order valence-electron chi connectivity index (χ1n) is 9.83. The first kappa shape index (κ1) is 17.3. The lowest BCUT2D eigenvalue weighted by Gasteiger charge is -2.30. The molecule has 3 aliphatic rings. The first-order valence-corrected chi connectivity index (χ1v) is 9.83. The molecule has 1 aromatic carbocycles. The molecule has 1 aromatic rings. The van der Waals surface area contributed by atoms with Gasteiger partial charge >= 0.3 is 0 Å². The Bertz CT molecular complexity index is 713. The van der Waals surface area contributed by atoms with Gasteiger partial charge < -0.3 is 4.90 Å². The van der Waals surface area contributed by atoms with Crippen molar-refractivity contribution in [3.63, 3.8) is 0 Å². The van der Waals surface area contributed by atoms with Crippen LogP contribution in [0.25, 0.3) is 0 Å². The summed E-state index contributed by atoms with van der Waals surface area (Å²) in [6.07, 6.45) is 5.68. The Morgan fingerprint density at radius 2 is 1.58 bits per heavy atom. The molecule has 26 heavy (non-hydrogen) atoms. The molecule has 2 heterocycles. The summed E-state index contributed by atoms with van der Waals surface area (Å²) in [5.41, 5.74) is 1.11. The summed E-state index contributed by atoms with van der Waals surface area (Å²) in [7, 11) is 0. The van der Waals surface area contributed by atoms with Crippen molar-refractivity contribution < 1.29 is 14.4 Å². The van der Waals surface area contributed by atoms with Crippen LogP contribution in [0.5, 0.6) is 0 Å². The van der Waals surface area contributed by atoms with Gasteiger partial charge in [-0.3, -0.25) is 19.3 Å². The maximum Gasteiger partial charge on any atom is 0.253 e. The fourth-order valence-electron chi connectivity index (χ4n) is 4.59. The number of amides is 3. The summed E-state index contributed by atoms with van der Waals surface area (Å²) in [5, 5.41) is 0. The van der Waals surface area contributed by atoms with Crippen molar-refractivity contribution in [3.05, 3.63) is 29.8 Å². The van der Waals surface area contributed by atoms with Crippen LogP contribution in [-0.2, 0) is 9.59 Å². The first-order chi connectivity index (χ1) is 12.6. The molecule has 0 bridgehead atoms. The Labute approximate surface area is 154 Å². The number of hydrogen-bond acceptors (Lipinski definition) is 3. The van der Waals surface area contributed by atoms with Crippen LogP contribution < -0.4 is 4.90 Å². The number of hydrogen-bond donors (Lipinski definition) is 0. The third-order valence-corrected chi connectivity index (χ3v) is 6.26. The van der Waals surface area contributed by atoms with Gasteiger partial charge in [0, 0.05) is 18.7 Å². The number of likely N-dealkylation sites (tertiary alicyclic amines) is 1. The Balaban J connectivity index is 1.57. The molecule has 138 valence electrons. The molecule has 0 radical (unpaired) electrons. The van der Waals surface area contributed by atoms with E-state index in [2.05, 4.69) is 6.92 Å². The van der Waals surface area contributed by atoms with Gasteiger partial charge in [-0.25, -0.2) is 0 Å². The molecule has 2 atom stereocenters. The van der Waals surface area contributed by atoms with Crippen molar-refractivity contribution in [2.24, 2.45) is 17.8 Å². The van der Waals surface area contributed by atoms with Crippen molar-refractivity contribution in [2.75, 3.05) is 18.0 Å². The zero-order valence-electron chi connectivity index (χ0n) is 15.3. The van der Waals surface area contributed by atoms with E-state index in [0.29, 0.717) is 17.2 Å². The van der Waals surface area contributed by atoms with Crippen molar-refractivity contribution >= 4 is 23.4 Å². The van der Waals surface area contributed by atoms with Gasteiger partial charge in [0.15, 0.2) is 0 Å². The van der Waals surface area contributed by atoms with Crippen molar-refractivity contribution in [1.82, 2.24) is 4.90 Å². The van der Waals surface area contributed by atoms with E-state index in [9.17, 15) is 14.4 Å². The highest BCUT2D eigenvalue weighted by molar-refractivity contribution is 6.22. The maximum absolute atomic E-state index is 12.8. The monoisotopic (exact) mass is 354 g/mol. The number of carbonyl (C=O) groups is 3. The predicted molar refractivity (Wildman–Crippen MR) is 98.7 cm³/mol. The quantitative estimate of drug-likeness (QED) is 0.766. The Morgan fingerprint density at radius 3 is 2.19 bits per heavy atom. The second-order valence-corrected chi connectivity index (χ2v) is 8.03. The van der Waals surface area contributed by atoms with E-state index in [0.717, 1.165) is 51.6 Å². The van der Waals surface area contributed by atoms with Gasteiger partial charge in [0.2, 0.25) is 11.8 Å². The van der Waals surface area contributed by atoms with Crippen LogP contribution >= 0.6 is 0 Å². The largest absolute Gasteiger partial charge is 0.339 e. The van der Waals surface area contributed by atoms with E-state index < -0.39 is 0 Å². The van der Waals surface area contributed by atoms with Gasteiger partial charge in [-0.15, -0.1) is 0 Å². The molecule has 2 saturated heterocycles. The Kier molecular flexibility index (Phi) is 4.55. The van der Waals surface area contributed by atoms with Crippen LogP contribution in [-0.4, -0.2) is 35.7 Å². The van der Waals surface area contributed by atoms with E-state index in [1.54, 1.807) is 24.3 Å². The highest BCUT2D eigenvalue weighted by Gasteiger charge is 2.48. The lowest BCUT2D eigenvalue weighted by atomic mass is 9.81. The smallest absolute Gasteiger partial charge is 0.253 e. The van der Waals surface area contributed by atoms with E-state index in [4.69, 9.17) is 0 Å². The van der Waals surface area contributed by atoms with Gasteiger partial charge in [-0.1, -0.05) is 25.8 Å². The average Bonchev–Trinajstić information content (AvgIpc) is 2.93. The number of imide groups is 1. The van der Waals surface area contributed by atoms with Gasteiger partial charge in [0.25, 0.3) is 5.91 Å². The molecule has 0 aromatic heterocycles. The molecule has 5 heteroatoms. The van der Waals surface area contributed by atoms with Crippen LogP contribution in [0.4, 0.5) is 5.69 Å². The fraction of sp³-hybridized carbons (Fsp3) is 0.571. The second-order valence-electron chi connectivity index (χ2n) is 8.03. The number of carbonyl (C=O) groups excluding carboxylic acids is 3. The van der Waals surface area contributed by atoms with E-state index >= 15 is 0 Å². The molecular weight excluding hydrogens is 328 g/mol. The normalized spacial score (nSPS) is 27.0. The summed E-state index contributed by atoms with van der Waals surface area (Å²) in [5.74, 6) is 0.148. The SMILES string of the molecule is CC1CCN(C(=O)c2cccc(N3C(=O)[C@H]4CCCC[C@H]4C3=O)c2)CC1. The molecule has 0 N–H and O–H groups in total. The number of rotatable bonds is 2. The summed E-state index contributed by atoms with van der Waals surface area (Å²) < 4.78 is 0. The Morgan fingerprint density at radius 1 is 0.962 bits per heavy atom. The lowest BCUT2D eigenvalue weighted by molar-refractivity contribution is -0.122. The van der Waals surface area contributed by atoms with Gasteiger partial charge in [-0.05, 0) is 49.8 Å². The van der Waals surface area contributed by atoms with Crippen molar-refractivity contribution in [3.8, 4) is 0 Å². The third kappa shape index (κ3) is 2.93. The zero-order chi connectivity index (χ0) is 18.3. The van der Waals surface area contributed by atoms with Crippen LogP contribution in [0.15, 0.2) is 24.3 Å². The molecule has 2 aliphatic heterocycles. The number of nitrogens with zero attached hydrogens (tertiary/aromatic N) is 2. The van der Waals surface area contributed by atoms with Gasteiger partial charge in [0.1, 0.15) is 0 Å². The molecule has 1 aliphatic carbocycles. The highest BCUT2D eigenvalue weighted by atomic mass is 16.2. The molecule has 3 amide bonds. The highest BCUT2D eigenvalue weighted by Crippen LogP contribution is 2.40. The lowest BCUT2D eigenvalue weighted by Crippen LogP contribution is -2.38. The minimum atomic E-state index is -0.167. The molecule has 0 spiro atoms. The van der Waals surface area contributed by atoms with Crippen LogP contribution in [0.3, 0.4) is 0 Å². The summed E-state index contributed by atoms with van der Waals surface area (Å²) >= 11 is 0. The van der Waals surface area contributed by atoms with E-state index in [1.807, 2.05) is 4.90 Å². The third-order valence-electron chi connectivity index (χ3n) is 6.26. The van der Waals surface area contributed by atoms with Crippen LogP contribution in [0.1, 0.15) is 55.8 Å². The maximum atomic E-state index is 12.8. The summed E-state index contributed by atoms with van der Waals surface area (Å²) in [4.78, 5) is 41.6. The van der Waals surface area contributed by atoms with Crippen molar-refractivity contribution in [2.45, 2.75) is 45.4 Å². The van der Waals surface area contributed by atoms with Gasteiger partial charge in [-0.2, -0.15) is 0 Å². The minimum Gasteiger partial charge on any atom is -0.339 e. The Hall–Kier alpha value is -2.17. The topological polar surface area (TPSA) is 57.7 Å². The number of fused-ring (bicyclic) bond motifs is 1. The fourth-order valence-corrected chi connectivity index (χ4v) is 4.59. The molecule has 3 fully saturated rings. The van der Waals surface area contributed by atoms with E-state index in [1.165, 1.54) is 4.90 Å². The summed E-state index contributed by atoms with van der Waals surface area (Å²) in [6, 6.07) is 7.04. The minimum absolute atomic E-state index is 0.00439. The van der Waals surface area contributed by atoms with E-state index in [-0.39, 0.29) is 29.6 Å². The number of piperidine rings is 1. The molecular formula is C21H26N2O3. The summed E-state index contributed by atoms with van der Waals surface area (Å²) in [6.45, 7) is 3.76. The van der Waals surface area contributed by atoms with Crippen LogP contribution in [0, 0.1) is 17.8 Å². The molecule has 4 rings (SSSR count). The zero-order valence-corrected chi connectivity index (χ0v) is 15.3. The molecule has 0 unspecified atom stereocenters. The standard InChI is InChI=1S/C21H26N2O3/c1-14-9-11-22(12-10-14)19(24)15-5-4-6-16(13-15)23-20(25)17-7-2-3-8-18(17)21(23)26/h4-6,13-14,17-18H,2-3,7-12H2,1H3/t17-,18+. The van der Waals surface area contributed by atoms with Crippen molar-refractivity contribution in [1.29, 1.82) is 0 Å². The molecule has 1 saturated carbocycles.